The number of anilines is 6. The van der Waals surface area contributed by atoms with Gasteiger partial charge in [0.05, 0.1) is 0 Å². The number of nitrogens with zero attached hydrogens (tertiary/aromatic N) is 2. The summed E-state index contributed by atoms with van der Waals surface area (Å²) < 4.78 is 27.2. The Morgan fingerprint density at radius 2 is 1.05 bits per heavy atom. The second-order valence-electron chi connectivity index (χ2n) is 22.8. The van der Waals surface area contributed by atoms with Crippen molar-refractivity contribution in [3.8, 4) is 11.1 Å². The molecular weight excluding hydrogens is 735 g/mol. The van der Waals surface area contributed by atoms with Crippen LogP contribution in [0.15, 0.2) is 103 Å². The highest BCUT2D eigenvalue weighted by molar-refractivity contribution is 7.00. The minimum Gasteiger partial charge on any atom is -0.311 e. The smallest absolute Gasteiger partial charge is 0.252 e. The Balaban J connectivity index is 1.37. The summed E-state index contributed by atoms with van der Waals surface area (Å²) in [5, 5.41) is 0. The van der Waals surface area contributed by atoms with Crippen molar-refractivity contribution in [2.45, 2.75) is 143 Å². The molecule has 61 heavy (non-hydrogen) atoms. The lowest BCUT2D eigenvalue weighted by molar-refractivity contribution is 0.332. The maximum Gasteiger partial charge on any atom is 0.252 e. The Morgan fingerprint density at radius 1 is 0.508 bits per heavy atom. The van der Waals surface area contributed by atoms with Gasteiger partial charge in [-0.2, -0.15) is 0 Å². The van der Waals surface area contributed by atoms with E-state index in [1.807, 2.05) is 12.1 Å². The highest BCUT2D eigenvalue weighted by atomic mass is 15.2. The van der Waals surface area contributed by atoms with Crippen molar-refractivity contribution < 1.29 is 4.11 Å². The molecule has 0 radical (unpaired) electrons. The van der Waals surface area contributed by atoms with E-state index in [1.165, 1.54) is 55.4 Å². The third-order valence-corrected chi connectivity index (χ3v) is 15.4. The Hall–Kier alpha value is -5.02. The molecule has 0 bridgehead atoms. The van der Waals surface area contributed by atoms with Crippen molar-refractivity contribution in [2.24, 2.45) is 0 Å². The molecule has 0 N–H and O–H groups in total. The molecule has 0 saturated carbocycles. The summed E-state index contributed by atoms with van der Waals surface area (Å²) >= 11 is 0. The number of aryl methyl sites for hydroxylation is 3. The minimum atomic E-state index is -2.35. The Labute approximate surface area is 371 Å². The molecule has 0 aromatic heterocycles. The van der Waals surface area contributed by atoms with Gasteiger partial charge in [-0.15, -0.1) is 0 Å². The van der Waals surface area contributed by atoms with Gasteiger partial charge in [-0.25, -0.2) is 0 Å². The first-order valence-corrected chi connectivity index (χ1v) is 22.7. The number of hydrogen-bond acceptors (Lipinski definition) is 2. The van der Waals surface area contributed by atoms with Crippen molar-refractivity contribution in [3.63, 3.8) is 0 Å². The fourth-order valence-electron chi connectivity index (χ4n) is 12.1. The highest BCUT2D eigenvalue weighted by Gasteiger charge is 2.48. The molecule has 3 heteroatoms. The summed E-state index contributed by atoms with van der Waals surface area (Å²) in [6, 6.07) is 38.6. The van der Waals surface area contributed by atoms with Crippen LogP contribution in [0.5, 0.6) is 0 Å². The van der Waals surface area contributed by atoms with E-state index in [4.69, 9.17) is 4.11 Å². The van der Waals surface area contributed by atoms with Crippen LogP contribution in [0.25, 0.3) is 11.1 Å². The van der Waals surface area contributed by atoms with Crippen molar-refractivity contribution in [2.75, 3.05) is 9.80 Å². The maximum atomic E-state index is 9.08. The topological polar surface area (TPSA) is 6.48 Å². The lowest BCUT2D eigenvalue weighted by Gasteiger charge is -2.48. The first-order valence-electron chi connectivity index (χ1n) is 24.2. The van der Waals surface area contributed by atoms with Gasteiger partial charge in [0.15, 0.2) is 0 Å². The molecule has 6 aromatic rings. The third-order valence-electron chi connectivity index (χ3n) is 15.4. The van der Waals surface area contributed by atoms with Gasteiger partial charge in [0.2, 0.25) is 0 Å². The number of fused-ring (bicyclic) bond motifs is 6. The van der Waals surface area contributed by atoms with Gasteiger partial charge in [0.25, 0.3) is 6.71 Å². The predicted octanol–water partition coefficient (Wildman–Crippen LogP) is 14.0. The lowest BCUT2D eigenvalue weighted by Crippen LogP contribution is -2.62. The van der Waals surface area contributed by atoms with Gasteiger partial charge in [-0.3, -0.25) is 0 Å². The van der Waals surface area contributed by atoms with E-state index in [0.29, 0.717) is 5.56 Å². The van der Waals surface area contributed by atoms with Crippen LogP contribution in [-0.2, 0) is 27.1 Å². The van der Waals surface area contributed by atoms with E-state index < -0.39 is 6.85 Å². The zero-order valence-corrected chi connectivity index (χ0v) is 38.9. The lowest BCUT2D eigenvalue weighted by atomic mass is 9.33. The van der Waals surface area contributed by atoms with E-state index in [1.54, 1.807) is 0 Å². The zero-order chi connectivity index (χ0) is 45.8. The van der Waals surface area contributed by atoms with Crippen LogP contribution in [0.3, 0.4) is 0 Å². The van der Waals surface area contributed by atoms with Gasteiger partial charge < -0.3 is 9.80 Å². The molecule has 0 amide bonds. The van der Waals surface area contributed by atoms with Crippen LogP contribution >= 0.6 is 0 Å². The molecule has 0 fully saturated rings. The Kier molecular flexibility index (Phi) is 7.81. The molecule has 4 aliphatic rings. The van der Waals surface area contributed by atoms with Gasteiger partial charge in [0.1, 0.15) is 0 Å². The number of benzene rings is 6. The monoisotopic (exact) mass is 804 g/mol. The molecular formula is C58H65BN2. The van der Waals surface area contributed by atoms with Crippen molar-refractivity contribution in [1.82, 2.24) is 0 Å². The van der Waals surface area contributed by atoms with Crippen molar-refractivity contribution in [1.29, 1.82) is 0 Å². The van der Waals surface area contributed by atoms with E-state index in [9.17, 15) is 0 Å². The van der Waals surface area contributed by atoms with Crippen LogP contribution in [0, 0.1) is 20.7 Å². The van der Waals surface area contributed by atoms with Crippen LogP contribution in [-0.4, -0.2) is 6.71 Å². The standard InChI is InChI=1S/C58H65BN2/c1-35-26-51-53-52(27-35)61(49-32-44-41(29-37(49)3)57(11,12)34-58(44,13)14)50-33-43-42(55(7,8)24-25-56(43,9)10)31-46(50)59(53)45-30-39(38-18-16-15-17-19-38)20-22-48(45)60(51)47-23-21-40(28-36(47)2)54(4,5)6/h15-23,26-33H,24-25,34H2,1-14H3/i1D3. The summed E-state index contributed by atoms with van der Waals surface area (Å²) in [6.07, 6.45) is 3.29. The van der Waals surface area contributed by atoms with E-state index in [0.717, 1.165) is 64.4 Å². The van der Waals surface area contributed by atoms with Crippen molar-refractivity contribution in [3.05, 3.63) is 148 Å². The van der Waals surface area contributed by atoms with Crippen LogP contribution in [0.1, 0.15) is 144 Å². The molecule has 0 spiro atoms. The van der Waals surface area contributed by atoms with Gasteiger partial charge >= 0.3 is 0 Å². The summed E-state index contributed by atoms with van der Waals surface area (Å²) in [6.45, 7) is 28.0. The van der Waals surface area contributed by atoms with Crippen LogP contribution in [0.4, 0.5) is 34.1 Å². The molecule has 0 unspecified atom stereocenters. The second kappa shape index (κ2) is 13.0. The van der Waals surface area contributed by atoms with E-state index >= 15 is 0 Å². The second-order valence-corrected chi connectivity index (χ2v) is 22.8. The molecule has 2 aliphatic carbocycles. The van der Waals surface area contributed by atoms with Gasteiger partial charge in [-0.05, 0) is 175 Å². The molecule has 10 rings (SSSR count). The molecule has 2 heterocycles. The molecule has 0 atom stereocenters. The Morgan fingerprint density at radius 3 is 1.67 bits per heavy atom. The first kappa shape index (κ1) is 36.6. The highest BCUT2D eigenvalue weighted by Crippen LogP contribution is 2.55. The molecule has 0 saturated heterocycles. The average Bonchev–Trinajstić information content (AvgIpc) is 3.39. The van der Waals surface area contributed by atoms with Gasteiger partial charge in [-0.1, -0.05) is 143 Å². The molecule has 2 aliphatic heterocycles. The van der Waals surface area contributed by atoms with Crippen LogP contribution < -0.4 is 26.2 Å². The normalized spacial score (nSPS) is 19.5. The van der Waals surface area contributed by atoms with Crippen LogP contribution in [0.2, 0.25) is 0 Å². The van der Waals surface area contributed by atoms with E-state index in [2.05, 4.69) is 191 Å². The van der Waals surface area contributed by atoms with E-state index in [-0.39, 0.29) is 33.8 Å². The number of rotatable bonds is 3. The number of hydrogen-bond donors (Lipinski definition) is 0. The summed E-state index contributed by atoms with van der Waals surface area (Å²) in [5.74, 6) is 0. The summed E-state index contributed by atoms with van der Waals surface area (Å²) in [7, 11) is 0. The molecule has 310 valence electrons. The molecule has 2 nitrogen and oxygen atoms in total. The third kappa shape index (κ3) is 6.03. The zero-order valence-electron chi connectivity index (χ0n) is 41.9. The first-order chi connectivity index (χ1) is 29.8. The fraction of sp³-hybridized carbons (Fsp3) is 0.379. The average molecular weight is 804 g/mol. The summed E-state index contributed by atoms with van der Waals surface area (Å²) in [5.41, 5.74) is 21.9. The summed E-state index contributed by atoms with van der Waals surface area (Å²) in [4.78, 5) is 4.89. The molecule has 6 aromatic carbocycles. The maximum absolute atomic E-state index is 9.08. The minimum absolute atomic E-state index is 0.0145. The quantitative estimate of drug-likeness (QED) is 0.164. The van der Waals surface area contributed by atoms with Gasteiger partial charge in [0, 0.05) is 38.2 Å². The SMILES string of the molecule is [2H]C([2H])([2H])c1cc2c3c(c1)N(c1cc4c(cc1C)C(C)(C)CC4(C)C)c1cc4c(cc1B3c1cc(-c3ccccc3)ccc1N2c1ccc(C(C)(C)C)cc1C)C(C)(C)CCC4(C)C. The largest absolute Gasteiger partial charge is 0.311 e. The Bertz CT molecular complexity index is 2930. The fourth-order valence-corrected chi connectivity index (χ4v) is 12.1. The van der Waals surface area contributed by atoms with Crippen molar-refractivity contribution >= 4 is 57.2 Å². The predicted molar refractivity (Wildman–Crippen MR) is 265 cm³/mol.